The van der Waals surface area contributed by atoms with Crippen LogP contribution in [0.3, 0.4) is 0 Å². The van der Waals surface area contributed by atoms with Crippen LogP contribution in [0.5, 0.6) is 5.75 Å². The molecule has 0 amide bonds. The van der Waals surface area contributed by atoms with Gasteiger partial charge in [-0.1, -0.05) is 22.9 Å². The molecule has 7 heteroatoms. The van der Waals surface area contributed by atoms with Gasteiger partial charge in [-0.05, 0) is 34.5 Å². The number of ether oxygens (including phenoxy) is 1. The average Bonchev–Trinajstić information content (AvgIpc) is 2.47. The minimum absolute atomic E-state index is 0.601. The smallest absolute Gasteiger partial charge is 0.224 e. The Bertz CT molecular complexity index is 622. The zero-order valence-corrected chi connectivity index (χ0v) is 15.0. The molecule has 0 saturated heterocycles. The van der Waals surface area contributed by atoms with Gasteiger partial charge in [-0.3, -0.25) is 0 Å². The zero-order chi connectivity index (χ0) is 15.2. The van der Waals surface area contributed by atoms with Gasteiger partial charge in [0.05, 0.1) is 11.6 Å². The molecular formula is C14H16Br2N4O. The first kappa shape index (κ1) is 16.0. The lowest BCUT2D eigenvalue weighted by Gasteiger charge is -2.11. The van der Waals surface area contributed by atoms with Gasteiger partial charge in [0, 0.05) is 29.0 Å². The number of hydrogen-bond donors (Lipinski definition) is 2. The van der Waals surface area contributed by atoms with Gasteiger partial charge in [-0.15, -0.1) is 0 Å². The third-order valence-electron chi connectivity index (χ3n) is 2.65. The highest BCUT2D eigenvalue weighted by Gasteiger charge is 2.07. The SMILES string of the molecule is CCCNc1ncc(Br)c(Nc2cc(Br)cc(OC)c2)n1. The fourth-order valence-corrected chi connectivity index (χ4v) is 2.43. The predicted octanol–water partition coefficient (Wildman–Crippen LogP) is 4.58. The maximum atomic E-state index is 5.25. The van der Waals surface area contributed by atoms with Crippen molar-refractivity contribution in [2.45, 2.75) is 13.3 Å². The van der Waals surface area contributed by atoms with E-state index in [2.05, 4.69) is 59.4 Å². The lowest BCUT2D eigenvalue weighted by Crippen LogP contribution is -2.06. The van der Waals surface area contributed by atoms with Crippen LogP contribution < -0.4 is 15.4 Å². The molecule has 21 heavy (non-hydrogen) atoms. The molecule has 0 unspecified atom stereocenters. The number of rotatable bonds is 6. The number of methoxy groups -OCH3 is 1. The highest BCUT2D eigenvalue weighted by Crippen LogP contribution is 2.29. The Hall–Kier alpha value is -1.34. The van der Waals surface area contributed by atoms with Gasteiger partial charge in [-0.2, -0.15) is 4.98 Å². The predicted molar refractivity (Wildman–Crippen MR) is 92.5 cm³/mol. The Morgan fingerprint density at radius 3 is 2.76 bits per heavy atom. The van der Waals surface area contributed by atoms with Gasteiger partial charge in [0.25, 0.3) is 0 Å². The summed E-state index contributed by atoms with van der Waals surface area (Å²) in [4.78, 5) is 8.68. The number of halogens is 2. The molecule has 0 aliphatic heterocycles. The molecule has 1 heterocycles. The van der Waals surface area contributed by atoms with Crippen molar-refractivity contribution in [2.75, 3.05) is 24.3 Å². The summed E-state index contributed by atoms with van der Waals surface area (Å²) in [6, 6.07) is 5.75. The van der Waals surface area contributed by atoms with Gasteiger partial charge in [0.2, 0.25) is 5.95 Å². The van der Waals surface area contributed by atoms with Crippen molar-refractivity contribution >= 4 is 49.3 Å². The second-order valence-corrected chi connectivity index (χ2v) is 6.09. The standard InChI is InChI=1S/C14H16Br2N4O/c1-3-4-17-14-18-8-12(16)13(20-14)19-10-5-9(15)6-11(7-10)21-2/h5-8H,3-4H2,1-2H3,(H2,17,18,19,20). The van der Waals surface area contributed by atoms with E-state index in [1.165, 1.54) is 0 Å². The van der Waals surface area contributed by atoms with E-state index in [0.29, 0.717) is 11.8 Å². The topological polar surface area (TPSA) is 59.1 Å². The molecule has 0 fully saturated rings. The molecule has 5 nitrogen and oxygen atoms in total. The first-order valence-corrected chi connectivity index (χ1v) is 8.09. The van der Waals surface area contributed by atoms with Gasteiger partial charge < -0.3 is 15.4 Å². The molecule has 0 atom stereocenters. The van der Waals surface area contributed by atoms with Crippen molar-refractivity contribution in [3.63, 3.8) is 0 Å². The summed E-state index contributed by atoms with van der Waals surface area (Å²) in [6.45, 7) is 2.94. The van der Waals surface area contributed by atoms with Crippen LogP contribution in [-0.4, -0.2) is 23.6 Å². The van der Waals surface area contributed by atoms with Crippen LogP contribution in [0.25, 0.3) is 0 Å². The second-order valence-electron chi connectivity index (χ2n) is 4.32. The minimum atomic E-state index is 0.601. The van der Waals surface area contributed by atoms with Crippen LogP contribution >= 0.6 is 31.9 Å². The molecule has 0 radical (unpaired) electrons. The molecule has 0 saturated carbocycles. The zero-order valence-electron chi connectivity index (χ0n) is 11.8. The average molecular weight is 416 g/mol. The van der Waals surface area contributed by atoms with Crippen molar-refractivity contribution in [1.29, 1.82) is 0 Å². The molecule has 2 aromatic rings. The first-order valence-electron chi connectivity index (χ1n) is 6.50. The highest BCUT2D eigenvalue weighted by atomic mass is 79.9. The third kappa shape index (κ3) is 4.57. The van der Waals surface area contributed by atoms with E-state index in [-0.39, 0.29) is 0 Å². The number of nitrogens with one attached hydrogen (secondary N) is 2. The Kier molecular flexibility index (Phi) is 5.81. The maximum Gasteiger partial charge on any atom is 0.224 e. The molecule has 1 aromatic heterocycles. The second kappa shape index (κ2) is 7.61. The fourth-order valence-electron chi connectivity index (χ4n) is 1.67. The highest BCUT2D eigenvalue weighted by molar-refractivity contribution is 9.10. The van der Waals surface area contributed by atoms with Gasteiger partial charge in [0.1, 0.15) is 11.6 Å². The van der Waals surface area contributed by atoms with Crippen LogP contribution in [0.15, 0.2) is 33.3 Å². The molecule has 112 valence electrons. The Labute approximate surface area is 140 Å². The van der Waals surface area contributed by atoms with E-state index in [9.17, 15) is 0 Å². The first-order chi connectivity index (χ1) is 10.1. The number of aromatic nitrogens is 2. The van der Waals surface area contributed by atoms with Crippen molar-refractivity contribution in [2.24, 2.45) is 0 Å². The van der Waals surface area contributed by atoms with E-state index in [1.807, 2.05) is 18.2 Å². The third-order valence-corrected chi connectivity index (χ3v) is 3.69. The molecule has 0 aliphatic carbocycles. The molecule has 0 aliphatic rings. The van der Waals surface area contributed by atoms with Crippen LogP contribution in [0.1, 0.15) is 13.3 Å². The number of benzene rings is 1. The largest absolute Gasteiger partial charge is 0.497 e. The Morgan fingerprint density at radius 2 is 2.05 bits per heavy atom. The lowest BCUT2D eigenvalue weighted by molar-refractivity contribution is 0.415. The quantitative estimate of drug-likeness (QED) is 0.723. The van der Waals surface area contributed by atoms with Crippen LogP contribution in [0, 0.1) is 0 Å². The number of anilines is 3. The van der Waals surface area contributed by atoms with Crippen molar-refractivity contribution < 1.29 is 4.74 Å². The van der Waals surface area contributed by atoms with Gasteiger partial charge in [0.15, 0.2) is 0 Å². The Morgan fingerprint density at radius 1 is 1.24 bits per heavy atom. The molecular weight excluding hydrogens is 400 g/mol. The molecule has 2 rings (SSSR count). The maximum absolute atomic E-state index is 5.25. The van der Waals surface area contributed by atoms with E-state index in [4.69, 9.17) is 4.74 Å². The number of hydrogen-bond acceptors (Lipinski definition) is 5. The van der Waals surface area contributed by atoms with Crippen molar-refractivity contribution in [3.05, 3.63) is 33.3 Å². The van der Waals surface area contributed by atoms with E-state index < -0.39 is 0 Å². The summed E-state index contributed by atoms with van der Waals surface area (Å²) in [7, 11) is 1.64. The summed E-state index contributed by atoms with van der Waals surface area (Å²) in [5.41, 5.74) is 0.877. The molecule has 0 spiro atoms. The number of nitrogens with zero attached hydrogens (tertiary/aromatic N) is 2. The molecule has 2 N–H and O–H groups in total. The summed E-state index contributed by atoms with van der Waals surface area (Å²) in [5, 5.41) is 6.42. The molecule has 0 bridgehead atoms. The summed E-state index contributed by atoms with van der Waals surface area (Å²) in [5.74, 6) is 2.06. The van der Waals surface area contributed by atoms with Crippen LogP contribution in [0.2, 0.25) is 0 Å². The minimum Gasteiger partial charge on any atom is -0.497 e. The monoisotopic (exact) mass is 414 g/mol. The summed E-state index contributed by atoms with van der Waals surface area (Å²) in [6.07, 6.45) is 2.74. The normalized spacial score (nSPS) is 10.3. The van der Waals surface area contributed by atoms with Crippen molar-refractivity contribution in [3.8, 4) is 5.75 Å². The summed E-state index contributed by atoms with van der Waals surface area (Å²) < 4.78 is 6.98. The van der Waals surface area contributed by atoms with Crippen molar-refractivity contribution in [1.82, 2.24) is 9.97 Å². The van der Waals surface area contributed by atoms with E-state index in [1.54, 1.807) is 13.3 Å². The van der Waals surface area contributed by atoms with Gasteiger partial charge in [-0.25, -0.2) is 4.98 Å². The fraction of sp³-hybridized carbons (Fsp3) is 0.286. The molecule has 1 aromatic carbocycles. The Balaban J connectivity index is 2.23. The van der Waals surface area contributed by atoms with Gasteiger partial charge >= 0.3 is 0 Å². The summed E-state index contributed by atoms with van der Waals surface area (Å²) >= 11 is 6.91. The van der Waals surface area contributed by atoms with Crippen LogP contribution in [-0.2, 0) is 0 Å². The van der Waals surface area contributed by atoms with Crippen LogP contribution in [0.4, 0.5) is 17.5 Å². The van der Waals surface area contributed by atoms with E-state index in [0.717, 1.165) is 33.3 Å². The lowest BCUT2D eigenvalue weighted by atomic mass is 10.3. The van der Waals surface area contributed by atoms with E-state index >= 15 is 0 Å².